The Morgan fingerprint density at radius 2 is 1.92 bits per heavy atom. The summed E-state index contributed by atoms with van der Waals surface area (Å²) in [5, 5.41) is 0. The maximum Gasteiger partial charge on any atom is 0.107 e. The Labute approximate surface area is 81.1 Å². The van der Waals surface area contributed by atoms with Gasteiger partial charge in [-0.3, -0.25) is 0 Å². The maximum absolute atomic E-state index is 5.76. The summed E-state index contributed by atoms with van der Waals surface area (Å²) in [5.74, 6) is 2.36. The zero-order chi connectivity index (χ0) is 9.68. The zero-order valence-electron chi connectivity index (χ0n) is 9.02. The van der Waals surface area contributed by atoms with E-state index in [0.717, 1.165) is 19.3 Å². The fraction of sp³-hybridized carbons (Fsp3) is 0.667. The van der Waals surface area contributed by atoms with Crippen LogP contribution in [-0.2, 0) is 19.3 Å². The SMILES string of the molecule is CCCCc1cc(CC)c(CC)o1. The second-order valence-corrected chi connectivity index (χ2v) is 3.47. The van der Waals surface area contributed by atoms with E-state index in [1.807, 2.05) is 0 Å². The van der Waals surface area contributed by atoms with Crippen LogP contribution >= 0.6 is 0 Å². The van der Waals surface area contributed by atoms with Crippen LogP contribution < -0.4 is 0 Å². The van der Waals surface area contributed by atoms with E-state index < -0.39 is 0 Å². The maximum atomic E-state index is 5.76. The molecule has 0 bridgehead atoms. The van der Waals surface area contributed by atoms with Crippen molar-refractivity contribution < 1.29 is 4.42 Å². The quantitative estimate of drug-likeness (QED) is 0.672. The summed E-state index contributed by atoms with van der Waals surface area (Å²) in [4.78, 5) is 0. The first-order valence-electron chi connectivity index (χ1n) is 5.42. The van der Waals surface area contributed by atoms with Crippen LogP contribution in [0.15, 0.2) is 10.5 Å². The minimum atomic E-state index is 1.02. The number of aryl methyl sites for hydroxylation is 3. The van der Waals surface area contributed by atoms with Gasteiger partial charge >= 0.3 is 0 Å². The molecular weight excluding hydrogens is 160 g/mol. The number of hydrogen-bond donors (Lipinski definition) is 0. The molecule has 1 aromatic rings. The fourth-order valence-electron chi connectivity index (χ4n) is 1.60. The normalized spacial score (nSPS) is 10.7. The highest BCUT2D eigenvalue weighted by Gasteiger charge is 2.06. The molecule has 0 N–H and O–H groups in total. The van der Waals surface area contributed by atoms with E-state index >= 15 is 0 Å². The molecule has 0 radical (unpaired) electrons. The van der Waals surface area contributed by atoms with Crippen molar-refractivity contribution in [2.24, 2.45) is 0 Å². The van der Waals surface area contributed by atoms with Gasteiger partial charge in [0.2, 0.25) is 0 Å². The minimum absolute atomic E-state index is 1.02. The summed E-state index contributed by atoms with van der Waals surface area (Å²) in [6.07, 6.45) is 5.70. The molecule has 0 aliphatic heterocycles. The van der Waals surface area contributed by atoms with E-state index in [9.17, 15) is 0 Å². The fourth-order valence-corrected chi connectivity index (χ4v) is 1.60. The van der Waals surface area contributed by atoms with Gasteiger partial charge < -0.3 is 4.42 Å². The van der Waals surface area contributed by atoms with Gasteiger partial charge in [0.25, 0.3) is 0 Å². The Morgan fingerprint density at radius 3 is 2.38 bits per heavy atom. The zero-order valence-corrected chi connectivity index (χ0v) is 9.02. The lowest BCUT2D eigenvalue weighted by Crippen LogP contribution is -1.81. The van der Waals surface area contributed by atoms with Crippen LogP contribution in [0, 0.1) is 0 Å². The number of rotatable bonds is 5. The molecule has 0 spiro atoms. The molecule has 0 saturated carbocycles. The molecule has 1 aromatic heterocycles. The van der Waals surface area contributed by atoms with Crippen LogP contribution in [0.3, 0.4) is 0 Å². The van der Waals surface area contributed by atoms with Gasteiger partial charge in [0.1, 0.15) is 11.5 Å². The lowest BCUT2D eigenvalue weighted by Gasteiger charge is -1.93. The Bertz CT molecular complexity index is 226. The van der Waals surface area contributed by atoms with Crippen molar-refractivity contribution in [1.29, 1.82) is 0 Å². The molecule has 0 amide bonds. The van der Waals surface area contributed by atoms with Gasteiger partial charge in [0.05, 0.1) is 0 Å². The number of furan rings is 1. The van der Waals surface area contributed by atoms with E-state index in [2.05, 4.69) is 26.8 Å². The van der Waals surface area contributed by atoms with Gasteiger partial charge in [-0.05, 0) is 24.5 Å². The Balaban J connectivity index is 2.68. The molecule has 1 heterocycles. The standard InChI is InChI=1S/C12H20O/c1-4-7-8-11-9-10(5-2)12(6-3)13-11/h9H,4-8H2,1-3H3. The van der Waals surface area contributed by atoms with Crippen LogP contribution in [0.1, 0.15) is 50.7 Å². The van der Waals surface area contributed by atoms with E-state index in [1.165, 1.54) is 29.9 Å². The molecule has 0 atom stereocenters. The molecule has 1 heteroatoms. The summed E-state index contributed by atoms with van der Waals surface area (Å²) in [6, 6.07) is 2.23. The highest BCUT2D eigenvalue weighted by atomic mass is 16.3. The average Bonchev–Trinajstić information content (AvgIpc) is 2.57. The molecule has 1 rings (SSSR count). The van der Waals surface area contributed by atoms with Crippen LogP contribution in [0.5, 0.6) is 0 Å². The molecule has 13 heavy (non-hydrogen) atoms. The van der Waals surface area contributed by atoms with Crippen molar-refractivity contribution in [2.75, 3.05) is 0 Å². The molecule has 0 aliphatic carbocycles. The lowest BCUT2D eigenvalue weighted by molar-refractivity contribution is 0.460. The summed E-state index contributed by atoms with van der Waals surface area (Å²) in [7, 11) is 0. The Morgan fingerprint density at radius 1 is 1.15 bits per heavy atom. The third-order valence-electron chi connectivity index (χ3n) is 2.43. The molecule has 0 aromatic carbocycles. The Kier molecular flexibility index (Phi) is 4.07. The van der Waals surface area contributed by atoms with Crippen LogP contribution in [0.4, 0.5) is 0 Å². The highest BCUT2D eigenvalue weighted by molar-refractivity contribution is 5.21. The van der Waals surface area contributed by atoms with Crippen LogP contribution in [0.25, 0.3) is 0 Å². The number of hydrogen-bond acceptors (Lipinski definition) is 1. The first-order valence-corrected chi connectivity index (χ1v) is 5.42. The van der Waals surface area contributed by atoms with Crippen molar-refractivity contribution in [1.82, 2.24) is 0 Å². The first kappa shape index (κ1) is 10.4. The highest BCUT2D eigenvalue weighted by Crippen LogP contribution is 2.18. The van der Waals surface area contributed by atoms with Gasteiger partial charge in [0, 0.05) is 12.8 Å². The Hall–Kier alpha value is -0.720. The summed E-state index contributed by atoms with van der Waals surface area (Å²) < 4.78 is 5.76. The van der Waals surface area contributed by atoms with Crippen molar-refractivity contribution in [2.45, 2.75) is 52.9 Å². The van der Waals surface area contributed by atoms with Crippen LogP contribution in [-0.4, -0.2) is 0 Å². The molecule has 0 saturated heterocycles. The topological polar surface area (TPSA) is 13.1 Å². The van der Waals surface area contributed by atoms with Gasteiger partial charge in [-0.2, -0.15) is 0 Å². The van der Waals surface area contributed by atoms with Crippen molar-refractivity contribution in [3.63, 3.8) is 0 Å². The largest absolute Gasteiger partial charge is 0.466 e. The minimum Gasteiger partial charge on any atom is -0.466 e. The predicted octanol–water partition coefficient (Wildman–Crippen LogP) is 3.75. The predicted molar refractivity (Wildman–Crippen MR) is 56.1 cm³/mol. The molecule has 0 fully saturated rings. The first-order chi connectivity index (χ1) is 6.31. The van der Waals surface area contributed by atoms with Crippen LogP contribution in [0.2, 0.25) is 0 Å². The van der Waals surface area contributed by atoms with Crippen molar-refractivity contribution in [3.8, 4) is 0 Å². The average molecular weight is 180 g/mol. The third kappa shape index (κ3) is 2.61. The van der Waals surface area contributed by atoms with Crippen molar-refractivity contribution >= 4 is 0 Å². The van der Waals surface area contributed by atoms with Gasteiger partial charge in [0.15, 0.2) is 0 Å². The van der Waals surface area contributed by atoms with Gasteiger partial charge in [-0.15, -0.1) is 0 Å². The second-order valence-electron chi connectivity index (χ2n) is 3.47. The summed E-state index contributed by atoms with van der Waals surface area (Å²) in [5.41, 5.74) is 1.40. The summed E-state index contributed by atoms with van der Waals surface area (Å²) >= 11 is 0. The second kappa shape index (κ2) is 5.11. The van der Waals surface area contributed by atoms with E-state index in [0.29, 0.717) is 0 Å². The van der Waals surface area contributed by atoms with Crippen molar-refractivity contribution in [3.05, 3.63) is 23.2 Å². The smallest absolute Gasteiger partial charge is 0.107 e. The van der Waals surface area contributed by atoms with E-state index in [1.54, 1.807) is 0 Å². The van der Waals surface area contributed by atoms with Gasteiger partial charge in [-0.25, -0.2) is 0 Å². The molecule has 0 unspecified atom stereocenters. The summed E-state index contributed by atoms with van der Waals surface area (Å²) in [6.45, 7) is 6.56. The molecule has 0 aliphatic rings. The van der Waals surface area contributed by atoms with Gasteiger partial charge in [-0.1, -0.05) is 27.2 Å². The third-order valence-corrected chi connectivity index (χ3v) is 2.43. The number of unbranched alkanes of at least 4 members (excludes halogenated alkanes) is 1. The molecular formula is C12H20O. The van der Waals surface area contributed by atoms with E-state index in [4.69, 9.17) is 4.42 Å². The lowest BCUT2D eigenvalue weighted by atomic mass is 10.1. The van der Waals surface area contributed by atoms with E-state index in [-0.39, 0.29) is 0 Å². The molecule has 1 nitrogen and oxygen atoms in total. The molecule has 74 valence electrons. The monoisotopic (exact) mass is 180 g/mol.